The van der Waals surface area contributed by atoms with Crippen LogP contribution in [0.1, 0.15) is 41.4 Å². The molecule has 0 aromatic heterocycles. The van der Waals surface area contributed by atoms with E-state index in [-0.39, 0.29) is 6.04 Å². The van der Waals surface area contributed by atoms with Crippen LogP contribution in [-0.4, -0.2) is 11.1 Å². The van der Waals surface area contributed by atoms with E-state index in [2.05, 4.69) is 31.3 Å². The summed E-state index contributed by atoms with van der Waals surface area (Å²) < 4.78 is 0. The van der Waals surface area contributed by atoms with Gasteiger partial charge in [-0.05, 0) is 29.2 Å². The second-order valence-corrected chi connectivity index (χ2v) is 5.52. The zero-order valence-corrected chi connectivity index (χ0v) is 12.4. The summed E-state index contributed by atoms with van der Waals surface area (Å²) in [5, 5.41) is 12.5. The first kappa shape index (κ1) is 15.3. The second-order valence-electron chi connectivity index (χ2n) is 5.52. The molecule has 2 aromatic rings. The van der Waals surface area contributed by atoms with Crippen LogP contribution >= 0.6 is 0 Å². The van der Waals surface area contributed by atoms with Crippen molar-refractivity contribution in [1.29, 1.82) is 0 Å². The molecule has 1 unspecified atom stereocenters. The Hall–Kier alpha value is -2.13. The number of benzene rings is 2. The van der Waals surface area contributed by atoms with Gasteiger partial charge in [0.2, 0.25) is 0 Å². The molecule has 0 aliphatic carbocycles. The minimum absolute atomic E-state index is 0.283. The lowest BCUT2D eigenvalue weighted by molar-refractivity contribution is 0.0697. The Morgan fingerprint density at radius 1 is 1.05 bits per heavy atom. The van der Waals surface area contributed by atoms with E-state index in [0.29, 0.717) is 11.5 Å². The highest BCUT2D eigenvalue weighted by Gasteiger charge is 2.14. The molecule has 2 aromatic carbocycles. The SMILES string of the molecule is CC(C)C(NCc1ccc(C(=O)O)cc1)c1ccccc1. The van der Waals surface area contributed by atoms with E-state index in [1.807, 2.05) is 30.3 Å². The number of aromatic carboxylic acids is 1. The van der Waals surface area contributed by atoms with E-state index < -0.39 is 5.97 Å². The molecule has 0 fully saturated rings. The Labute approximate surface area is 125 Å². The standard InChI is InChI=1S/C18H21NO2/c1-13(2)17(15-6-4-3-5-7-15)19-12-14-8-10-16(11-9-14)18(20)21/h3-11,13,17,19H,12H2,1-2H3,(H,20,21). The number of carboxylic acid groups (broad SMARTS) is 1. The molecule has 2 N–H and O–H groups in total. The van der Waals surface area contributed by atoms with Crippen LogP contribution in [0.25, 0.3) is 0 Å². The molecule has 0 aliphatic heterocycles. The first-order valence-electron chi connectivity index (χ1n) is 7.18. The summed E-state index contributed by atoms with van der Waals surface area (Å²) >= 11 is 0. The van der Waals surface area contributed by atoms with Crippen LogP contribution in [0.2, 0.25) is 0 Å². The molecule has 0 spiro atoms. The van der Waals surface area contributed by atoms with Gasteiger partial charge < -0.3 is 10.4 Å². The second kappa shape index (κ2) is 7.04. The molecule has 3 nitrogen and oxygen atoms in total. The van der Waals surface area contributed by atoms with E-state index in [4.69, 9.17) is 5.11 Å². The van der Waals surface area contributed by atoms with Crippen molar-refractivity contribution >= 4 is 5.97 Å². The van der Waals surface area contributed by atoms with E-state index in [1.165, 1.54) is 5.56 Å². The molecular formula is C18H21NO2. The molecule has 0 amide bonds. The third kappa shape index (κ3) is 4.17. The van der Waals surface area contributed by atoms with Crippen molar-refractivity contribution in [3.63, 3.8) is 0 Å². The number of rotatable bonds is 6. The predicted octanol–water partition coefficient (Wildman–Crippen LogP) is 3.87. The van der Waals surface area contributed by atoms with Crippen molar-refractivity contribution in [3.05, 3.63) is 71.3 Å². The van der Waals surface area contributed by atoms with E-state index in [0.717, 1.165) is 12.1 Å². The van der Waals surface area contributed by atoms with Crippen LogP contribution in [0.15, 0.2) is 54.6 Å². The third-order valence-corrected chi connectivity index (χ3v) is 3.55. The molecule has 0 aliphatic rings. The average Bonchev–Trinajstić information content (AvgIpc) is 2.48. The van der Waals surface area contributed by atoms with E-state index in [1.54, 1.807) is 12.1 Å². The number of carbonyl (C=O) groups is 1. The van der Waals surface area contributed by atoms with Crippen molar-refractivity contribution in [2.45, 2.75) is 26.4 Å². The number of nitrogens with one attached hydrogen (secondary N) is 1. The largest absolute Gasteiger partial charge is 0.478 e. The number of hydrogen-bond acceptors (Lipinski definition) is 2. The Morgan fingerprint density at radius 2 is 1.67 bits per heavy atom. The van der Waals surface area contributed by atoms with Crippen molar-refractivity contribution in [2.75, 3.05) is 0 Å². The zero-order chi connectivity index (χ0) is 15.2. The molecule has 0 heterocycles. The van der Waals surface area contributed by atoms with Gasteiger partial charge in [0.05, 0.1) is 5.56 Å². The molecule has 0 radical (unpaired) electrons. The van der Waals surface area contributed by atoms with Gasteiger partial charge in [-0.3, -0.25) is 0 Å². The van der Waals surface area contributed by atoms with Gasteiger partial charge in [-0.15, -0.1) is 0 Å². The molecule has 0 bridgehead atoms. The summed E-state index contributed by atoms with van der Waals surface area (Å²) in [6.45, 7) is 5.11. The highest BCUT2D eigenvalue weighted by molar-refractivity contribution is 5.87. The molecular weight excluding hydrogens is 262 g/mol. The predicted molar refractivity (Wildman–Crippen MR) is 84.3 cm³/mol. The summed E-state index contributed by atoms with van der Waals surface area (Å²) in [6, 6.07) is 17.7. The van der Waals surface area contributed by atoms with Gasteiger partial charge in [0.25, 0.3) is 0 Å². The fourth-order valence-corrected chi connectivity index (χ4v) is 2.39. The quantitative estimate of drug-likeness (QED) is 0.846. The third-order valence-electron chi connectivity index (χ3n) is 3.55. The number of carboxylic acids is 1. The monoisotopic (exact) mass is 283 g/mol. The van der Waals surface area contributed by atoms with Crippen molar-refractivity contribution in [2.24, 2.45) is 5.92 Å². The maximum atomic E-state index is 10.8. The molecule has 110 valence electrons. The van der Waals surface area contributed by atoms with Crippen LogP contribution in [0.3, 0.4) is 0 Å². The summed E-state index contributed by atoms with van der Waals surface area (Å²) in [7, 11) is 0. The maximum absolute atomic E-state index is 10.8. The number of hydrogen-bond donors (Lipinski definition) is 2. The van der Waals surface area contributed by atoms with Crippen LogP contribution in [0.5, 0.6) is 0 Å². The van der Waals surface area contributed by atoms with Crippen molar-refractivity contribution in [1.82, 2.24) is 5.32 Å². The summed E-state index contributed by atoms with van der Waals surface area (Å²) in [4.78, 5) is 10.8. The fourth-order valence-electron chi connectivity index (χ4n) is 2.39. The van der Waals surface area contributed by atoms with Gasteiger partial charge in [-0.2, -0.15) is 0 Å². The lowest BCUT2D eigenvalue weighted by Gasteiger charge is -2.23. The lowest BCUT2D eigenvalue weighted by atomic mass is 9.96. The lowest BCUT2D eigenvalue weighted by Crippen LogP contribution is -2.25. The highest BCUT2D eigenvalue weighted by Crippen LogP contribution is 2.21. The molecule has 0 saturated carbocycles. The normalized spacial score (nSPS) is 12.3. The summed E-state index contributed by atoms with van der Waals surface area (Å²) in [6.07, 6.45) is 0. The molecule has 2 rings (SSSR count). The first-order valence-corrected chi connectivity index (χ1v) is 7.18. The van der Waals surface area contributed by atoms with Crippen LogP contribution < -0.4 is 5.32 Å². The smallest absolute Gasteiger partial charge is 0.335 e. The zero-order valence-electron chi connectivity index (χ0n) is 12.4. The molecule has 0 saturated heterocycles. The van der Waals surface area contributed by atoms with Gasteiger partial charge in [-0.1, -0.05) is 56.3 Å². The summed E-state index contributed by atoms with van der Waals surface area (Å²) in [5.74, 6) is -0.412. The topological polar surface area (TPSA) is 49.3 Å². The van der Waals surface area contributed by atoms with Gasteiger partial charge >= 0.3 is 5.97 Å². The van der Waals surface area contributed by atoms with E-state index in [9.17, 15) is 4.79 Å². The average molecular weight is 283 g/mol. The van der Waals surface area contributed by atoms with Crippen LogP contribution in [0.4, 0.5) is 0 Å². The van der Waals surface area contributed by atoms with Crippen LogP contribution in [-0.2, 0) is 6.54 Å². The van der Waals surface area contributed by atoms with E-state index >= 15 is 0 Å². The van der Waals surface area contributed by atoms with Crippen LogP contribution in [0, 0.1) is 5.92 Å². The first-order chi connectivity index (χ1) is 10.1. The fraction of sp³-hybridized carbons (Fsp3) is 0.278. The van der Waals surface area contributed by atoms with Gasteiger partial charge in [0.15, 0.2) is 0 Å². The minimum atomic E-state index is -0.890. The Kier molecular flexibility index (Phi) is 5.12. The Bertz CT molecular complexity index is 576. The van der Waals surface area contributed by atoms with Gasteiger partial charge in [0, 0.05) is 12.6 Å². The van der Waals surface area contributed by atoms with Gasteiger partial charge in [0.1, 0.15) is 0 Å². The molecule has 3 heteroatoms. The van der Waals surface area contributed by atoms with Gasteiger partial charge in [-0.25, -0.2) is 4.79 Å². The summed E-state index contributed by atoms with van der Waals surface area (Å²) in [5.41, 5.74) is 2.68. The molecule has 1 atom stereocenters. The van der Waals surface area contributed by atoms with Crippen molar-refractivity contribution < 1.29 is 9.90 Å². The highest BCUT2D eigenvalue weighted by atomic mass is 16.4. The Balaban J connectivity index is 2.04. The Morgan fingerprint density at radius 3 is 2.19 bits per heavy atom. The molecule has 21 heavy (non-hydrogen) atoms. The van der Waals surface area contributed by atoms with Crippen molar-refractivity contribution in [3.8, 4) is 0 Å². The maximum Gasteiger partial charge on any atom is 0.335 e. The minimum Gasteiger partial charge on any atom is -0.478 e.